The molecular weight excluding hydrogens is 450 g/mol. The number of pyridine rings is 1. The molecule has 6 nitrogen and oxygen atoms in total. The maximum absolute atomic E-state index is 12.1. The zero-order valence-electron chi connectivity index (χ0n) is 22.2. The molecule has 0 N–H and O–H groups in total. The van der Waals surface area contributed by atoms with Crippen LogP contribution >= 0.6 is 0 Å². The van der Waals surface area contributed by atoms with Gasteiger partial charge in [0.2, 0.25) is 11.8 Å². The number of hydrogen-bond acceptors (Lipinski definition) is 4. The molecule has 1 unspecified atom stereocenters. The zero-order valence-corrected chi connectivity index (χ0v) is 22.2. The van der Waals surface area contributed by atoms with E-state index in [9.17, 15) is 9.59 Å². The summed E-state index contributed by atoms with van der Waals surface area (Å²) in [4.78, 5) is 31.6. The Labute approximate surface area is 215 Å². The first-order valence-electron chi connectivity index (χ1n) is 12.5. The smallest absolute Gasteiger partial charge is 0.242 e. The van der Waals surface area contributed by atoms with Crippen molar-refractivity contribution in [1.29, 1.82) is 0 Å². The second kappa shape index (κ2) is 15.5. The van der Waals surface area contributed by atoms with Gasteiger partial charge in [-0.1, -0.05) is 74.5 Å². The highest BCUT2D eigenvalue weighted by molar-refractivity contribution is 5.86. The van der Waals surface area contributed by atoms with Gasteiger partial charge in [-0.15, -0.1) is 0 Å². The maximum Gasteiger partial charge on any atom is 0.242 e. The first-order valence-corrected chi connectivity index (χ1v) is 12.5. The van der Waals surface area contributed by atoms with Crippen molar-refractivity contribution in [2.45, 2.75) is 39.7 Å². The number of nitrogens with zero attached hydrogens (tertiary/aromatic N) is 3. The van der Waals surface area contributed by atoms with Gasteiger partial charge in [0.1, 0.15) is 0 Å². The first-order chi connectivity index (χ1) is 17.5. The summed E-state index contributed by atoms with van der Waals surface area (Å²) < 4.78 is 5.07. The van der Waals surface area contributed by atoms with E-state index in [0.717, 1.165) is 13.0 Å². The van der Waals surface area contributed by atoms with Crippen molar-refractivity contribution in [1.82, 2.24) is 14.8 Å². The van der Waals surface area contributed by atoms with Crippen LogP contribution in [0.3, 0.4) is 0 Å². The minimum absolute atomic E-state index is 0.0276. The van der Waals surface area contributed by atoms with E-state index in [4.69, 9.17) is 4.74 Å². The summed E-state index contributed by atoms with van der Waals surface area (Å²) in [6.45, 7) is 7.54. The van der Waals surface area contributed by atoms with E-state index in [1.165, 1.54) is 21.6 Å². The van der Waals surface area contributed by atoms with Gasteiger partial charge in [-0.25, -0.2) is 0 Å². The Hall–Kier alpha value is -3.51. The lowest BCUT2D eigenvalue weighted by molar-refractivity contribution is -0.145. The quantitative estimate of drug-likeness (QED) is 0.468. The Kier molecular flexibility index (Phi) is 12.4. The average molecular weight is 490 g/mol. The third-order valence-corrected chi connectivity index (χ3v) is 5.91. The summed E-state index contributed by atoms with van der Waals surface area (Å²) >= 11 is 0. The number of hydrogen-bond donors (Lipinski definition) is 0. The fraction of sp³-hybridized carbons (Fsp3) is 0.367. The number of aryl methyl sites for hydroxylation is 1. The van der Waals surface area contributed by atoms with Crippen molar-refractivity contribution >= 4 is 11.8 Å². The summed E-state index contributed by atoms with van der Waals surface area (Å²) in [5.74, 6) is -0.133. The first kappa shape index (κ1) is 28.7. The van der Waals surface area contributed by atoms with E-state index in [2.05, 4.69) is 60.4 Å². The molecule has 0 spiro atoms. The molecule has 192 valence electrons. The summed E-state index contributed by atoms with van der Waals surface area (Å²) in [6.07, 6.45) is 2.83. The van der Waals surface area contributed by atoms with Crippen molar-refractivity contribution in [3.8, 4) is 11.1 Å². The van der Waals surface area contributed by atoms with E-state index >= 15 is 0 Å². The Morgan fingerprint density at radius 2 is 1.67 bits per heavy atom. The van der Waals surface area contributed by atoms with Crippen LogP contribution in [0.15, 0.2) is 79.0 Å². The van der Waals surface area contributed by atoms with Crippen LogP contribution in [0.5, 0.6) is 0 Å². The number of carbonyl (C=O) groups is 2. The molecule has 1 aliphatic heterocycles. The third-order valence-electron chi connectivity index (χ3n) is 5.91. The van der Waals surface area contributed by atoms with Gasteiger partial charge in [-0.05, 0) is 42.2 Å². The second-order valence-electron chi connectivity index (χ2n) is 8.41. The molecule has 4 rings (SSSR count). The molecule has 1 atom stereocenters. The maximum atomic E-state index is 12.1. The van der Waals surface area contributed by atoms with Gasteiger partial charge in [0.05, 0.1) is 25.6 Å². The predicted octanol–water partition coefficient (Wildman–Crippen LogP) is 5.02. The number of methoxy groups -OCH3 is 1. The highest BCUT2D eigenvalue weighted by atomic mass is 16.5. The van der Waals surface area contributed by atoms with E-state index in [0.29, 0.717) is 12.3 Å². The molecule has 0 saturated carbocycles. The van der Waals surface area contributed by atoms with Crippen LogP contribution < -0.4 is 0 Å². The van der Waals surface area contributed by atoms with Crippen LogP contribution in [0.1, 0.15) is 31.5 Å². The van der Waals surface area contributed by atoms with E-state index in [1.54, 1.807) is 37.4 Å². The summed E-state index contributed by atoms with van der Waals surface area (Å²) in [7, 11) is 3.28. The standard InChI is InChI=1S/C15H21N3O3.C13H12.C2H6/c1-17(14(19)9-12-5-3-4-7-16-12)10-15(20)18-8-6-13(18)11-21-2;1-11-7-5-6-10-13(11)12-8-3-2-4-9-12;1-2/h3-5,7,13H,6,8-11H2,1-2H3;2-10H,1H3;1-2H3. The number of benzene rings is 2. The van der Waals surface area contributed by atoms with Gasteiger partial charge in [0.15, 0.2) is 0 Å². The van der Waals surface area contributed by atoms with E-state index in [-0.39, 0.29) is 30.8 Å². The molecule has 1 aliphatic rings. The predicted molar refractivity (Wildman–Crippen MR) is 146 cm³/mol. The molecule has 0 aliphatic carbocycles. The molecule has 2 aromatic carbocycles. The zero-order chi connectivity index (χ0) is 26.3. The monoisotopic (exact) mass is 489 g/mol. The number of likely N-dealkylation sites (tertiary alicyclic amines) is 1. The number of amides is 2. The molecule has 3 aromatic rings. The Morgan fingerprint density at radius 3 is 2.25 bits per heavy atom. The van der Waals surface area contributed by atoms with Crippen LogP contribution in [-0.2, 0) is 20.7 Å². The molecule has 2 heterocycles. The topological polar surface area (TPSA) is 62.7 Å². The Balaban J connectivity index is 0.000000260. The largest absolute Gasteiger partial charge is 0.383 e. The molecule has 0 bridgehead atoms. The number of likely N-dealkylation sites (N-methyl/N-ethyl adjacent to an activating group) is 1. The SMILES string of the molecule is CC.COCC1CCN1C(=O)CN(C)C(=O)Cc1ccccn1.Cc1ccccc1-c1ccccc1. The van der Waals surface area contributed by atoms with Gasteiger partial charge in [-0.2, -0.15) is 0 Å². The number of ether oxygens (including phenoxy) is 1. The van der Waals surface area contributed by atoms with Crippen LogP contribution in [0.2, 0.25) is 0 Å². The minimum atomic E-state index is -0.106. The number of rotatable bonds is 7. The van der Waals surface area contributed by atoms with E-state index < -0.39 is 0 Å². The van der Waals surface area contributed by atoms with Gasteiger partial charge in [0.25, 0.3) is 0 Å². The second-order valence-corrected chi connectivity index (χ2v) is 8.41. The summed E-state index contributed by atoms with van der Waals surface area (Å²) in [5.41, 5.74) is 4.65. The van der Waals surface area contributed by atoms with E-state index in [1.807, 2.05) is 26.0 Å². The highest BCUT2D eigenvalue weighted by Crippen LogP contribution is 2.22. The van der Waals surface area contributed by atoms with Crippen LogP contribution in [-0.4, -0.2) is 66.5 Å². The minimum Gasteiger partial charge on any atom is -0.383 e. The molecule has 0 radical (unpaired) electrons. The van der Waals surface area contributed by atoms with Crippen molar-refractivity contribution in [3.05, 3.63) is 90.3 Å². The Morgan fingerprint density at radius 1 is 1.00 bits per heavy atom. The molecule has 36 heavy (non-hydrogen) atoms. The van der Waals surface area contributed by atoms with Gasteiger partial charge >= 0.3 is 0 Å². The summed E-state index contributed by atoms with van der Waals surface area (Å²) in [5, 5.41) is 0. The molecule has 6 heteroatoms. The molecule has 2 amide bonds. The van der Waals surface area contributed by atoms with Crippen molar-refractivity contribution < 1.29 is 14.3 Å². The third kappa shape index (κ3) is 8.61. The van der Waals surface area contributed by atoms with Crippen molar-refractivity contribution in [3.63, 3.8) is 0 Å². The molecule has 1 aromatic heterocycles. The number of aromatic nitrogens is 1. The molecular formula is C30H39N3O3. The molecule has 1 fully saturated rings. The van der Waals surface area contributed by atoms with Gasteiger partial charge in [-0.3, -0.25) is 14.6 Å². The molecule has 1 saturated heterocycles. The van der Waals surface area contributed by atoms with Crippen molar-refractivity contribution in [2.75, 3.05) is 33.9 Å². The lowest BCUT2D eigenvalue weighted by Crippen LogP contribution is -2.56. The fourth-order valence-corrected chi connectivity index (χ4v) is 3.82. The van der Waals surface area contributed by atoms with Gasteiger partial charge < -0.3 is 14.5 Å². The van der Waals surface area contributed by atoms with Gasteiger partial charge in [0, 0.05) is 32.6 Å². The number of carbonyl (C=O) groups excluding carboxylic acids is 2. The average Bonchev–Trinajstić information content (AvgIpc) is 2.89. The fourth-order valence-electron chi connectivity index (χ4n) is 3.82. The van der Waals surface area contributed by atoms with Crippen LogP contribution in [0.25, 0.3) is 11.1 Å². The highest BCUT2D eigenvalue weighted by Gasteiger charge is 2.32. The van der Waals surface area contributed by atoms with Crippen LogP contribution in [0.4, 0.5) is 0 Å². The lowest BCUT2D eigenvalue weighted by Gasteiger charge is -2.41. The lowest BCUT2D eigenvalue weighted by atomic mass is 10.0. The normalized spacial score (nSPS) is 13.8. The Bertz CT molecular complexity index is 1060. The van der Waals surface area contributed by atoms with Crippen molar-refractivity contribution in [2.24, 2.45) is 0 Å². The summed E-state index contributed by atoms with van der Waals surface area (Å²) in [6, 6.07) is 24.5. The van der Waals surface area contributed by atoms with Crippen LogP contribution in [0, 0.1) is 6.92 Å².